The van der Waals surface area contributed by atoms with Crippen molar-refractivity contribution in [1.82, 2.24) is 5.32 Å². The van der Waals surface area contributed by atoms with Gasteiger partial charge in [-0.3, -0.25) is 4.79 Å². The van der Waals surface area contributed by atoms with Crippen LogP contribution in [0.1, 0.15) is 36.6 Å². The summed E-state index contributed by atoms with van der Waals surface area (Å²) in [6.45, 7) is 4.12. The minimum absolute atomic E-state index is 0.00651. The smallest absolute Gasteiger partial charge is 0.244 e. The zero-order chi connectivity index (χ0) is 15.9. The van der Waals surface area contributed by atoms with Gasteiger partial charge in [0.05, 0.1) is 6.04 Å². The average molecular weight is 358 g/mol. The first-order chi connectivity index (χ1) is 10.6. The molecule has 2 rings (SSSR count). The van der Waals surface area contributed by atoms with Crippen molar-refractivity contribution in [2.75, 3.05) is 0 Å². The highest BCUT2D eigenvalue weighted by Gasteiger charge is 2.07. The van der Waals surface area contributed by atoms with E-state index in [4.69, 9.17) is 0 Å². The molecule has 0 spiro atoms. The summed E-state index contributed by atoms with van der Waals surface area (Å²) in [6, 6.07) is 16.2. The quantitative estimate of drug-likeness (QED) is 0.757. The largest absolute Gasteiger partial charge is 0.346 e. The van der Waals surface area contributed by atoms with Crippen molar-refractivity contribution in [3.8, 4) is 0 Å². The molecule has 1 N–H and O–H groups in total. The molecule has 1 atom stereocenters. The molecule has 114 valence electrons. The van der Waals surface area contributed by atoms with Crippen LogP contribution in [-0.4, -0.2) is 5.91 Å². The molecule has 0 aromatic heterocycles. The molecule has 0 heterocycles. The number of amides is 1. The van der Waals surface area contributed by atoms with Crippen LogP contribution in [0.3, 0.4) is 0 Å². The van der Waals surface area contributed by atoms with E-state index in [0.29, 0.717) is 0 Å². The lowest BCUT2D eigenvalue weighted by molar-refractivity contribution is -0.117. The molecular weight excluding hydrogens is 338 g/mol. The van der Waals surface area contributed by atoms with E-state index in [9.17, 15) is 4.79 Å². The number of hydrogen-bond acceptors (Lipinski definition) is 1. The third-order valence-corrected chi connectivity index (χ3v) is 4.07. The first-order valence-corrected chi connectivity index (χ1v) is 8.20. The standard InChI is InChI=1S/C19H20BrNO/c1-3-15-4-9-17(10-5-15)14(2)21-19(22)13-8-16-6-11-18(20)12-7-16/h4-14H,3H2,1-2H3,(H,21,22)/b13-8+. The third kappa shape index (κ3) is 4.85. The zero-order valence-corrected chi connectivity index (χ0v) is 14.4. The van der Waals surface area contributed by atoms with Gasteiger partial charge in [-0.15, -0.1) is 0 Å². The minimum Gasteiger partial charge on any atom is -0.346 e. The maximum absolute atomic E-state index is 12.0. The summed E-state index contributed by atoms with van der Waals surface area (Å²) in [6.07, 6.45) is 4.41. The summed E-state index contributed by atoms with van der Waals surface area (Å²) in [4.78, 5) is 12.0. The van der Waals surface area contributed by atoms with Crippen molar-refractivity contribution in [3.63, 3.8) is 0 Å². The first kappa shape index (κ1) is 16.5. The number of rotatable bonds is 5. The zero-order valence-electron chi connectivity index (χ0n) is 12.8. The van der Waals surface area contributed by atoms with Crippen molar-refractivity contribution >= 4 is 27.9 Å². The SMILES string of the molecule is CCc1ccc(C(C)NC(=O)/C=C/c2ccc(Br)cc2)cc1. The van der Waals surface area contributed by atoms with Crippen molar-refractivity contribution in [2.24, 2.45) is 0 Å². The van der Waals surface area contributed by atoms with E-state index in [2.05, 4.69) is 52.4 Å². The Balaban J connectivity index is 1.94. The molecule has 2 nitrogen and oxygen atoms in total. The maximum Gasteiger partial charge on any atom is 0.244 e. The Bertz CT molecular complexity index is 644. The second-order valence-corrected chi connectivity index (χ2v) is 6.13. The van der Waals surface area contributed by atoms with Crippen molar-refractivity contribution < 1.29 is 4.79 Å². The van der Waals surface area contributed by atoms with Crippen molar-refractivity contribution in [3.05, 3.63) is 75.8 Å². The monoisotopic (exact) mass is 357 g/mol. The molecule has 0 aliphatic heterocycles. The van der Waals surface area contributed by atoms with Gasteiger partial charge in [-0.1, -0.05) is 59.3 Å². The molecule has 0 fully saturated rings. The van der Waals surface area contributed by atoms with Gasteiger partial charge in [-0.25, -0.2) is 0 Å². The van der Waals surface area contributed by atoms with Crippen LogP contribution in [0.25, 0.3) is 6.08 Å². The van der Waals surface area contributed by atoms with Gasteiger partial charge in [0.1, 0.15) is 0 Å². The fourth-order valence-electron chi connectivity index (χ4n) is 2.13. The highest BCUT2D eigenvalue weighted by Crippen LogP contribution is 2.14. The Morgan fingerprint density at radius 3 is 2.36 bits per heavy atom. The van der Waals surface area contributed by atoms with Crippen LogP contribution < -0.4 is 5.32 Å². The number of nitrogens with one attached hydrogen (secondary N) is 1. The molecule has 0 saturated carbocycles. The third-order valence-electron chi connectivity index (χ3n) is 3.54. The highest BCUT2D eigenvalue weighted by molar-refractivity contribution is 9.10. The predicted molar refractivity (Wildman–Crippen MR) is 95.6 cm³/mol. The Labute approximate surface area is 140 Å². The van der Waals surface area contributed by atoms with E-state index in [-0.39, 0.29) is 11.9 Å². The minimum atomic E-state index is -0.0880. The van der Waals surface area contributed by atoms with Gasteiger partial charge < -0.3 is 5.32 Å². The summed E-state index contributed by atoms with van der Waals surface area (Å²) in [5, 5.41) is 2.98. The summed E-state index contributed by atoms with van der Waals surface area (Å²) in [5.41, 5.74) is 3.42. The maximum atomic E-state index is 12.0. The van der Waals surface area contributed by atoms with Gasteiger partial charge in [-0.2, -0.15) is 0 Å². The molecule has 0 aliphatic rings. The van der Waals surface area contributed by atoms with Crippen molar-refractivity contribution in [2.45, 2.75) is 26.3 Å². The van der Waals surface area contributed by atoms with Gasteiger partial charge in [0.15, 0.2) is 0 Å². The van der Waals surface area contributed by atoms with E-state index in [1.165, 1.54) is 5.56 Å². The van der Waals surface area contributed by atoms with E-state index in [0.717, 1.165) is 22.0 Å². The Morgan fingerprint density at radius 1 is 1.14 bits per heavy atom. The highest BCUT2D eigenvalue weighted by atomic mass is 79.9. The number of aryl methyl sites for hydroxylation is 1. The summed E-state index contributed by atoms with van der Waals surface area (Å²) in [7, 11) is 0. The number of halogens is 1. The molecule has 22 heavy (non-hydrogen) atoms. The lowest BCUT2D eigenvalue weighted by Gasteiger charge is -2.13. The molecule has 1 amide bonds. The van der Waals surface area contributed by atoms with Crippen LogP contribution >= 0.6 is 15.9 Å². The van der Waals surface area contributed by atoms with Crippen LogP contribution in [-0.2, 0) is 11.2 Å². The van der Waals surface area contributed by atoms with E-state index < -0.39 is 0 Å². The normalized spacial score (nSPS) is 12.3. The van der Waals surface area contributed by atoms with Gasteiger partial charge in [0.2, 0.25) is 5.91 Å². The summed E-state index contributed by atoms with van der Waals surface area (Å²) < 4.78 is 1.03. The Hall–Kier alpha value is -1.87. The van der Waals surface area contributed by atoms with Crippen LogP contribution in [0.5, 0.6) is 0 Å². The fraction of sp³-hybridized carbons (Fsp3) is 0.211. The predicted octanol–water partition coefficient (Wildman–Crippen LogP) is 4.90. The second-order valence-electron chi connectivity index (χ2n) is 5.21. The molecule has 0 aliphatic carbocycles. The second kappa shape index (κ2) is 7.95. The van der Waals surface area contributed by atoms with Gasteiger partial charge in [-0.05, 0) is 48.2 Å². The molecule has 0 bridgehead atoms. The molecular formula is C19H20BrNO. The number of carbonyl (C=O) groups is 1. The topological polar surface area (TPSA) is 29.1 Å². The molecule has 1 unspecified atom stereocenters. The molecule has 2 aromatic carbocycles. The van der Waals surface area contributed by atoms with Crippen LogP contribution in [0.15, 0.2) is 59.1 Å². The molecule has 3 heteroatoms. The number of carbonyl (C=O) groups excluding carboxylic acids is 1. The Morgan fingerprint density at radius 2 is 1.77 bits per heavy atom. The lowest BCUT2D eigenvalue weighted by Crippen LogP contribution is -2.24. The molecule has 0 radical (unpaired) electrons. The van der Waals surface area contributed by atoms with Crippen molar-refractivity contribution in [1.29, 1.82) is 0 Å². The number of benzene rings is 2. The Kier molecular flexibility index (Phi) is 5.96. The van der Waals surface area contributed by atoms with Crippen LogP contribution in [0.2, 0.25) is 0 Å². The lowest BCUT2D eigenvalue weighted by atomic mass is 10.0. The average Bonchev–Trinajstić information content (AvgIpc) is 2.54. The molecule has 0 saturated heterocycles. The van der Waals surface area contributed by atoms with Gasteiger partial charge in [0, 0.05) is 10.5 Å². The summed E-state index contributed by atoms with van der Waals surface area (Å²) >= 11 is 3.39. The summed E-state index contributed by atoms with van der Waals surface area (Å²) in [5.74, 6) is -0.0880. The van der Waals surface area contributed by atoms with Gasteiger partial charge >= 0.3 is 0 Å². The van der Waals surface area contributed by atoms with E-state index in [1.807, 2.05) is 37.3 Å². The van der Waals surface area contributed by atoms with E-state index in [1.54, 1.807) is 6.08 Å². The van der Waals surface area contributed by atoms with Crippen LogP contribution in [0, 0.1) is 0 Å². The fourth-order valence-corrected chi connectivity index (χ4v) is 2.40. The van der Waals surface area contributed by atoms with Crippen LogP contribution in [0.4, 0.5) is 0 Å². The first-order valence-electron chi connectivity index (χ1n) is 7.41. The number of hydrogen-bond donors (Lipinski definition) is 1. The van der Waals surface area contributed by atoms with Gasteiger partial charge in [0.25, 0.3) is 0 Å². The molecule has 2 aromatic rings. The van der Waals surface area contributed by atoms with E-state index >= 15 is 0 Å².